The Bertz CT molecular complexity index is 529. The SMILES string of the molecule is CC1(NCCCN2C(=O)c3ccccc3C2=O)CCNC1. The minimum absolute atomic E-state index is 0.141. The molecule has 0 spiro atoms. The van der Waals surface area contributed by atoms with Crippen LogP contribution in [0.25, 0.3) is 0 Å². The first-order valence-corrected chi connectivity index (χ1v) is 7.52. The predicted octanol–water partition coefficient (Wildman–Crippen LogP) is 1.01. The van der Waals surface area contributed by atoms with E-state index in [9.17, 15) is 9.59 Å². The molecule has 21 heavy (non-hydrogen) atoms. The van der Waals surface area contributed by atoms with Gasteiger partial charge in [0.2, 0.25) is 0 Å². The molecule has 1 atom stereocenters. The molecule has 2 aliphatic heterocycles. The first-order valence-electron chi connectivity index (χ1n) is 7.52. The fourth-order valence-corrected chi connectivity index (χ4v) is 3.04. The lowest BCUT2D eigenvalue weighted by molar-refractivity contribution is 0.0652. The van der Waals surface area contributed by atoms with Crippen LogP contribution in [0.15, 0.2) is 24.3 Å². The molecule has 1 saturated heterocycles. The molecule has 3 rings (SSSR count). The summed E-state index contributed by atoms with van der Waals surface area (Å²) in [5.41, 5.74) is 1.20. The summed E-state index contributed by atoms with van der Waals surface area (Å²) in [6.07, 6.45) is 1.89. The number of fused-ring (bicyclic) bond motifs is 1. The molecule has 0 saturated carbocycles. The third-order valence-corrected chi connectivity index (χ3v) is 4.36. The zero-order chi connectivity index (χ0) is 14.9. The molecule has 2 heterocycles. The van der Waals surface area contributed by atoms with Crippen molar-refractivity contribution in [3.63, 3.8) is 0 Å². The zero-order valence-corrected chi connectivity index (χ0v) is 12.3. The van der Waals surface area contributed by atoms with E-state index in [2.05, 4.69) is 17.6 Å². The largest absolute Gasteiger partial charge is 0.315 e. The quantitative estimate of drug-likeness (QED) is 0.627. The summed E-state index contributed by atoms with van der Waals surface area (Å²) in [5.74, 6) is -0.325. The highest BCUT2D eigenvalue weighted by Gasteiger charge is 2.34. The molecule has 1 fully saturated rings. The zero-order valence-electron chi connectivity index (χ0n) is 12.3. The second-order valence-electron chi connectivity index (χ2n) is 6.08. The van der Waals surface area contributed by atoms with Gasteiger partial charge in [-0.2, -0.15) is 0 Å². The van der Waals surface area contributed by atoms with Crippen LogP contribution in [-0.2, 0) is 0 Å². The molecular weight excluding hydrogens is 266 g/mol. The van der Waals surface area contributed by atoms with Gasteiger partial charge in [0.25, 0.3) is 11.8 Å². The maximum absolute atomic E-state index is 12.2. The molecule has 0 aromatic heterocycles. The second kappa shape index (κ2) is 5.58. The third-order valence-electron chi connectivity index (χ3n) is 4.36. The van der Waals surface area contributed by atoms with Crippen LogP contribution in [-0.4, -0.2) is 48.4 Å². The van der Waals surface area contributed by atoms with Crippen molar-refractivity contribution in [2.75, 3.05) is 26.2 Å². The Balaban J connectivity index is 1.53. The Morgan fingerprint density at radius 2 is 1.90 bits per heavy atom. The Labute approximate surface area is 124 Å². The molecule has 0 bridgehead atoms. The molecule has 0 radical (unpaired) electrons. The van der Waals surface area contributed by atoms with E-state index in [0.717, 1.165) is 32.5 Å². The number of benzene rings is 1. The lowest BCUT2D eigenvalue weighted by Crippen LogP contribution is -2.45. The van der Waals surface area contributed by atoms with Crippen LogP contribution in [0.1, 0.15) is 40.5 Å². The second-order valence-corrected chi connectivity index (χ2v) is 6.08. The molecule has 5 nitrogen and oxygen atoms in total. The first-order chi connectivity index (χ1) is 10.1. The number of nitrogens with one attached hydrogen (secondary N) is 2. The molecule has 1 aromatic carbocycles. The highest BCUT2D eigenvalue weighted by atomic mass is 16.2. The van der Waals surface area contributed by atoms with Crippen LogP contribution in [0.4, 0.5) is 0 Å². The molecule has 5 heteroatoms. The van der Waals surface area contributed by atoms with E-state index in [1.165, 1.54) is 4.90 Å². The fraction of sp³-hybridized carbons (Fsp3) is 0.500. The molecule has 0 aliphatic carbocycles. The molecule has 2 aliphatic rings. The highest BCUT2D eigenvalue weighted by molar-refractivity contribution is 6.21. The number of amides is 2. The smallest absolute Gasteiger partial charge is 0.261 e. The van der Waals surface area contributed by atoms with Gasteiger partial charge in [0.1, 0.15) is 0 Å². The van der Waals surface area contributed by atoms with Crippen LogP contribution >= 0.6 is 0 Å². The minimum atomic E-state index is -0.163. The normalized spacial score (nSPS) is 24.7. The summed E-state index contributed by atoms with van der Waals surface area (Å²) in [6, 6.07) is 7.03. The van der Waals surface area contributed by atoms with Gasteiger partial charge in [-0.15, -0.1) is 0 Å². The topological polar surface area (TPSA) is 61.4 Å². The number of hydrogen-bond donors (Lipinski definition) is 2. The maximum atomic E-state index is 12.2. The summed E-state index contributed by atoms with van der Waals surface area (Å²) < 4.78 is 0. The van der Waals surface area contributed by atoms with Crippen LogP contribution in [0.5, 0.6) is 0 Å². The van der Waals surface area contributed by atoms with E-state index in [-0.39, 0.29) is 17.4 Å². The number of imide groups is 1. The predicted molar refractivity (Wildman–Crippen MR) is 80.3 cm³/mol. The molecule has 1 unspecified atom stereocenters. The average molecular weight is 287 g/mol. The lowest BCUT2D eigenvalue weighted by Gasteiger charge is -2.25. The Kier molecular flexibility index (Phi) is 3.78. The summed E-state index contributed by atoms with van der Waals surface area (Å²) in [6.45, 7) is 5.51. The monoisotopic (exact) mass is 287 g/mol. The van der Waals surface area contributed by atoms with Gasteiger partial charge in [-0.25, -0.2) is 0 Å². The van der Waals surface area contributed by atoms with Crippen molar-refractivity contribution in [3.05, 3.63) is 35.4 Å². The Morgan fingerprint density at radius 3 is 2.48 bits per heavy atom. The van der Waals surface area contributed by atoms with Crippen molar-refractivity contribution in [1.29, 1.82) is 0 Å². The summed E-state index contributed by atoms with van der Waals surface area (Å²) >= 11 is 0. The Hall–Kier alpha value is -1.72. The van der Waals surface area contributed by atoms with Gasteiger partial charge in [0, 0.05) is 18.6 Å². The standard InChI is InChI=1S/C16H21N3O2/c1-16(7-9-17-11-16)18-8-4-10-19-14(20)12-5-2-3-6-13(12)15(19)21/h2-3,5-6,17-18H,4,7-11H2,1H3. The van der Waals surface area contributed by atoms with Gasteiger partial charge in [0.15, 0.2) is 0 Å². The molecule has 1 aromatic rings. The van der Waals surface area contributed by atoms with E-state index in [1.54, 1.807) is 24.3 Å². The Morgan fingerprint density at radius 1 is 1.24 bits per heavy atom. The van der Waals surface area contributed by atoms with Crippen molar-refractivity contribution < 1.29 is 9.59 Å². The van der Waals surface area contributed by atoms with E-state index in [1.807, 2.05) is 0 Å². The number of nitrogens with zero attached hydrogens (tertiary/aromatic N) is 1. The number of hydrogen-bond acceptors (Lipinski definition) is 4. The van der Waals surface area contributed by atoms with Gasteiger partial charge in [-0.3, -0.25) is 14.5 Å². The van der Waals surface area contributed by atoms with E-state index >= 15 is 0 Å². The summed E-state index contributed by atoms with van der Waals surface area (Å²) in [7, 11) is 0. The van der Waals surface area contributed by atoms with Gasteiger partial charge < -0.3 is 10.6 Å². The van der Waals surface area contributed by atoms with Crippen molar-refractivity contribution in [3.8, 4) is 0 Å². The third kappa shape index (κ3) is 2.71. The summed E-state index contributed by atoms with van der Waals surface area (Å²) in [5, 5.41) is 6.86. The van der Waals surface area contributed by atoms with E-state index in [0.29, 0.717) is 17.7 Å². The number of carbonyl (C=O) groups excluding carboxylic acids is 2. The fourth-order valence-electron chi connectivity index (χ4n) is 3.04. The van der Waals surface area contributed by atoms with E-state index in [4.69, 9.17) is 0 Å². The number of rotatable bonds is 5. The van der Waals surface area contributed by atoms with E-state index < -0.39 is 0 Å². The van der Waals surface area contributed by atoms with Crippen LogP contribution in [0, 0.1) is 0 Å². The van der Waals surface area contributed by atoms with Gasteiger partial charge in [-0.05, 0) is 45.0 Å². The maximum Gasteiger partial charge on any atom is 0.261 e. The first kappa shape index (κ1) is 14.2. The van der Waals surface area contributed by atoms with Crippen molar-refractivity contribution in [1.82, 2.24) is 15.5 Å². The van der Waals surface area contributed by atoms with Gasteiger partial charge in [-0.1, -0.05) is 12.1 Å². The number of carbonyl (C=O) groups is 2. The van der Waals surface area contributed by atoms with Crippen LogP contribution in [0.3, 0.4) is 0 Å². The van der Waals surface area contributed by atoms with Crippen LogP contribution in [0.2, 0.25) is 0 Å². The molecule has 112 valence electrons. The van der Waals surface area contributed by atoms with Crippen molar-refractivity contribution >= 4 is 11.8 Å². The summed E-state index contributed by atoms with van der Waals surface area (Å²) in [4.78, 5) is 25.8. The van der Waals surface area contributed by atoms with Gasteiger partial charge >= 0.3 is 0 Å². The van der Waals surface area contributed by atoms with Crippen molar-refractivity contribution in [2.24, 2.45) is 0 Å². The minimum Gasteiger partial charge on any atom is -0.315 e. The molecular formula is C16H21N3O2. The van der Waals surface area contributed by atoms with Gasteiger partial charge in [0.05, 0.1) is 11.1 Å². The average Bonchev–Trinajstić information content (AvgIpc) is 3.02. The molecule has 2 N–H and O–H groups in total. The highest BCUT2D eigenvalue weighted by Crippen LogP contribution is 2.22. The van der Waals surface area contributed by atoms with Crippen LogP contribution < -0.4 is 10.6 Å². The van der Waals surface area contributed by atoms with Crippen molar-refractivity contribution in [2.45, 2.75) is 25.3 Å². The molecule has 2 amide bonds. The lowest BCUT2D eigenvalue weighted by atomic mass is 10.0.